The van der Waals surface area contributed by atoms with Crippen LogP contribution >= 0.6 is 0 Å². The Labute approximate surface area is 337 Å². The van der Waals surface area contributed by atoms with Crippen LogP contribution < -0.4 is 0 Å². The van der Waals surface area contributed by atoms with E-state index in [9.17, 15) is 19.8 Å². The minimum atomic E-state index is -1.19. The number of ether oxygens (including phenoxy) is 1. The molecule has 2 aromatic rings. The van der Waals surface area contributed by atoms with E-state index in [1.807, 2.05) is 41.3 Å². The van der Waals surface area contributed by atoms with Crippen molar-refractivity contribution in [2.75, 3.05) is 13.1 Å². The summed E-state index contributed by atoms with van der Waals surface area (Å²) in [5.41, 5.74) is 2.92. The number of fused-ring (bicyclic) bond motifs is 10. The average molecular weight is 766 g/mol. The maximum absolute atomic E-state index is 14.8. The molecule has 306 valence electrons. The van der Waals surface area contributed by atoms with Gasteiger partial charge < -0.3 is 19.8 Å². The largest absolute Gasteiger partial charge is 0.446 e. The molecule has 1 amide bonds. The van der Waals surface area contributed by atoms with E-state index in [0.29, 0.717) is 79.4 Å². The summed E-state index contributed by atoms with van der Waals surface area (Å²) in [6.45, 7) is 16.9. The first-order chi connectivity index (χ1) is 26.6. The molecule has 4 bridgehead atoms. The van der Waals surface area contributed by atoms with Crippen molar-refractivity contribution in [1.82, 2.24) is 4.90 Å². The molecule has 5 saturated carbocycles. The number of aliphatic hydroxyl groups excluding tert-OH is 1. The highest BCUT2D eigenvalue weighted by Gasteiger charge is 2.59. The molecule has 7 aliphatic rings. The van der Waals surface area contributed by atoms with Crippen molar-refractivity contribution < 1.29 is 24.5 Å². The Hall–Kier alpha value is -2.96. The van der Waals surface area contributed by atoms with Crippen LogP contribution in [0.3, 0.4) is 0 Å². The second-order valence-electron chi connectivity index (χ2n) is 20.5. The van der Waals surface area contributed by atoms with E-state index in [2.05, 4.69) is 66.7 Å². The van der Waals surface area contributed by atoms with Gasteiger partial charge in [0, 0.05) is 23.1 Å². The van der Waals surface area contributed by atoms with E-state index in [1.54, 1.807) is 0 Å². The molecule has 2 N–H and O–H groups in total. The van der Waals surface area contributed by atoms with E-state index in [1.165, 1.54) is 24.8 Å². The van der Waals surface area contributed by atoms with Gasteiger partial charge in [0.25, 0.3) is 0 Å². The van der Waals surface area contributed by atoms with Gasteiger partial charge in [0.05, 0.1) is 18.2 Å². The topological polar surface area (TPSA) is 87.1 Å². The number of ketones is 1. The molecule has 10 unspecified atom stereocenters. The lowest BCUT2D eigenvalue weighted by molar-refractivity contribution is -0.122. The number of carbonyl (C=O) groups excluding carboxylic acids is 2. The summed E-state index contributed by atoms with van der Waals surface area (Å²) >= 11 is 0. The molecule has 7 aliphatic carbocycles. The lowest BCUT2D eigenvalue weighted by Gasteiger charge is -2.60. The Balaban J connectivity index is 1.26. The van der Waals surface area contributed by atoms with Crippen molar-refractivity contribution in [1.29, 1.82) is 0 Å². The predicted octanol–water partition coefficient (Wildman–Crippen LogP) is 10.9. The molecule has 0 spiro atoms. The summed E-state index contributed by atoms with van der Waals surface area (Å²) in [6.07, 6.45) is 12.8. The lowest BCUT2D eigenvalue weighted by atomic mass is 9.45. The van der Waals surface area contributed by atoms with Crippen LogP contribution in [-0.2, 0) is 11.2 Å². The molecule has 0 heterocycles. The van der Waals surface area contributed by atoms with E-state index in [4.69, 9.17) is 4.74 Å². The Kier molecular flexibility index (Phi) is 12.0. The lowest BCUT2D eigenvalue weighted by Crippen LogP contribution is -2.58. The van der Waals surface area contributed by atoms with Crippen LogP contribution in [0.1, 0.15) is 158 Å². The Morgan fingerprint density at radius 1 is 0.946 bits per heavy atom. The molecule has 10 atom stereocenters. The number of carbonyl (C=O) groups is 2. The number of aliphatic hydroxyl groups is 2. The molecule has 2 aromatic carbocycles. The van der Waals surface area contributed by atoms with E-state index < -0.39 is 17.1 Å². The molecule has 0 radical (unpaired) electrons. The average Bonchev–Trinajstić information content (AvgIpc) is 3.42. The van der Waals surface area contributed by atoms with Crippen LogP contribution in [-0.4, -0.2) is 57.9 Å². The van der Waals surface area contributed by atoms with Gasteiger partial charge in [0.2, 0.25) is 0 Å². The second-order valence-corrected chi connectivity index (χ2v) is 20.5. The smallest absolute Gasteiger partial charge is 0.410 e. The van der Waals surface area contributed by atoms with Gasteiger partial charge in [-0.3, -0.25) is 4.79 Å². The molecule has 6 heteroatoms. The van der Waals surface area contributed by atoms with E-state index >= 15 is 0 Å². The number of amides is 1. The first-order valence-corrected chi connectivity index (χ1v) is 22.3. The summed E-state index contributed by atoms with van der Waals surface area (Å²) < 4.78 is 6.64. The van der Waals surface area contributed by atoms with E-state index in [0.717, 1.165) is 49.1 Å². The SMILES string of the molecule is CC1=CCCC2(C)C(CCC2(O)CN(CC2CCC3CC2C3(C)C)C(=O)OC2CC(C)CCC2C(C)C)c2ccc(cc2C(=O)c2ccccc2)CC(O)CC1. The van der Waals surface area contributed by atoms with Gasteiger partial charge in [-0.1, -0.05) is 102 Å². The van der Waals surface area contributed by atoms with Crippen LogP contribution in [0.5, 0.6) is 0 Å². The van der Waals surface area contributed by atoms with Crippen molar-refractivity contribution in [3.05, 3.63) is 82.4 Å². The maximum atomic E-state index is 14.8. The number of allylic oxidation sites excluding steroid dienone is 2. The number of benzene rings is 2. The van der Waals surface area contributed by atoms with Crippen molar-refractivity contribution in [2.45, 2.75) is 156 Å². The van der Waals surface area contributed by atoms with Gasteiger partial charge in [-0.15, -0.1) is 0 Å². The summed E-state index contributed by atoms with van der Waals surface area (Å²) in [4.78, 5) is 31.2. The third kappa shape index (κ3) is 8.05. The van der Waals surface area contributed by atoms with Gasteiger partial charge in [-0.2, -0.15) is 0 Å². The molecule has 0 aliphatic heterocycles. The van der Waals surface area contributed by atoms with Gasteiger partial charge in [0.15, 0.2) is 5.78 Å². The van der Waals surface area contributed by atoms with Crippen molar-refractivity contribution in [2.24, 2.45) is 46.3 Å². The highest BCUT2D eigenvalue weighted by molar-refractivity contribution is 6.10. The van der Waals surface area contributed by atoms with Gasteiger partial charge in [-0.25, -0.2) is 4.79 Å². The third-order valence-electron chi connectivity index (χ3n) is 16.3. The molecular weight excluding hydrogens is 695 g/mol. The highest BCUT2D eigenvalue weighted by atomic mass is 16.6. The quantitative estimate of drug-likeness (QED) is 0.206. The van der Waals surface area contributed by atoms with Gasteiger partial charge in [-0.05, 0) is 148 Å². The summed E-state index contributed by atoms with van der Waals surface area (Å²) in [6, 6.07) is 15.7. The molecule has 56 heavy (non-hydrogen) atoms. The fourth-order valence-electron chi connectivity index (χ4n) is 12.4. The summed E-state index contributed by atoms with van der Waals surface area (Å²) in [5.74, 6) is 2.89. The Bertz CT molecular complexity index is 1750. The van der Waals surface area contributed by atoms with Crippen LogP contribution in [0.4, 0.5) is 4.79 Å². The highest BCUT2D eigenvalue weighted by Crippen LogP contribution is 2.62. The van der Waals surface area contributed by atoms with Crippen LogP contribution in [0.15, 0.2) is 60.2 Å². The maximum Gasteiger partial charge on any atom is 0.410 e. The van der Waals surface area contributed by atoms with Crippen molar-refractivity contribution in [3.63, 3.8) is 0 Å². The zero-order valence-corrected chi connectivity index (χ0v) is 35.6. The van der Waals surface area contributed by atoms with Crippen molar-refractivity contribution >= 4 is 11.9 Å². The normalized spacial score (nSPS) is 35.5. The monoisotopic (exact) mass is 766 g/mol. The molecule has 5 fully saturated rings. The van der Waals surface area contributed by atoms with Crippen LogP contribution in [0.25, 0.3) is 0 Å². The van der Waals surface area contributed by atoms with Gasteiger partial charge in [0.1, 0.15) is 6.10 Å². The second kappa shape index (κ2) is 16.4. The number of rotatable bonds is 8. The van der Waals surface area contributed by atoms with Crippen LogP contribution in [0.2, 0.25) is 0 Å². The minimum Gasteiger partial charge on any atom is -0.446 e. The number of nitrogens with zero attached hydrogens (tertiary/aromatic N) is 1. The van der Waals surface area contributed by atoms with Crippen LogP contribution in [0, 0.1) is 46.3 Å². The standard InChI is InChI=1S/C50H71NO5/c1-32(2)40-21-16-34(4)26-45(40)56-47(54)51(30-37-18-19-38-29-44(37)48(38,5)6)31-50(55)25-23-43-41-22-17-35(28-42(41)46(53)36-13-9-8-10-14-36)27-39(52)20-15-33(3)12-11-24-49(43,50)7/h8-10,12-14,17,22,28,32,34,37-40,43-45,52,55H,11,15-16,18-21,23-27,29-31H2,1-7H3. The molecule has 6 nitrogen and oxygen atoms in total. The third-order valence-corrected chi connectivity index (χ3v) is 16.3. The van der Waals surface area contributed by atoms with Crippen molar-refractivity contribution in [3.8, 4) is 0 Å². The Morgan fingerprint density at radius 2 is 1.71 bits per heavy atom. The predicted molar refractivity (Wildman–Crippen MR) is 225 cm³/mol. The molecule has 0 saturated heterocycles. The minimum absolute atomic E-state index is 0.0251. The zero-order chi connectivity index (χ0) is 40.0. The zero-order valence-electron chi connectivity index (χ0n) is 35.6. The fourth-order valence-corrected chi connectivity index (χ4v) is 12.4. The number of hydrogen-bond acceptors (Lipinski definition) is 5. The molecular formula is C50H71NO5. The fraction of sp³-hybridized carbons (Fsp3) is 0.680. The molecule has 0 aromatic heterocycles. The van der Waals surface area contributed by atoms with E-state index in [-0.39, 0.29) is 35.9 Å². The first kappa shape index (κ1) is 41.2. The Morgan fingerprint density at radius 3 is 2.43 bits per heavy atom. The number of hydrogen-bond donors (Lipinski definition) is 2. The first-order valence-electron chi connectivity index (χ1n) is 22.3. The molecule has 9 rings (SSSR count). The summed E-state index contributed by atoms with van der Waals surface area (Å²) in [5, 5.41) is 24.4. The summed E-state index contributed by atoms with van der Waals surface area (Å²) in [7, 11) is 0. The van der Waals surface area contributed by atoms with Gasteiger partial charge >= 0.3 is 6.09 Å².